The first kappa shape index (κ1) is 19.5. The zero-order chi connectivity index (χ0) is 20.7. The van der Waals surface area contributed by atoms with Crippen molar-refractivity contribution in [3.8, 4) is 5.75 Å². The van der Waals surface area contributed by atoms with Gasteiger partial charge >= 0.3 is 0 Å². The maximum absolute atomic E-state index is 12.9. The van der Waals surface area contributed by atoms with Gasteiger partial charge in [-0.2, -0.15) is 0 Å². The molecule has 0 radical (unpaired) electrons. The summed E-state index contributed by atoms with van der Waals surface area (Å²) < 4.78 is 6.40. The van der Waals surface area contributed by atoms with E-state index in [0.717, 1.165) is 71.1 Å². The molecule has 2 saturated heterocycles. The van der Waals surface area contributed by atoms with Gasteiger partial charge in [-0.15, -0.1) is 0 Å². The largest absolute Gasteiger partial charge is 0.497 e. The van der Waals surface area contributed by atoms with Crippen molar-refractivity contribution >= 4 is 49.9 Å². The number of benzene rings is 2. The van der Waals surface area contributed by atoms with Crippen LogP contribution in [0.3, 0.4) is 0 Å². The van der Waals surface area contributed by atoms with Crippen LogP contribution in [-0.4, -0.2) is 62.2 Å². The first-order chi connectivity index (χ1) is 14.6. The van der Waals surface area contributed by atoms with Crippen LogP contribution in [0.1, 0.15) is 0 Å². The molecule has 3 aromatic rings. The number of thiazole rings is 1. The highest BCUT2D eigenvalue weighted by Gasteiger charge is 2.37. The van der Waals surface area contributed by atoms with Gasteiger partial charge in [-0.05, 0) is 30.3 Å². The van der Waals surface area contributed by atoms with E-state index >= 15 is 0 Å². The highest BCUT2D eigenvalue weighted by molar-refractivity contribution is 7.22. The summed E-state index contributed by atoms with van der Waals surface area (Å²) in [4.78, 5) is 24.1. The van der Waals surface area contributed by atoms with E-state index in [2.05, 4.69) is 9.80 Å². The number of hydrogen-bond donors (Lipinski definition) is 0. The highest BCUT2D eigenvalue weighted by atomic mass is 35.5. The molecule has 6 nitrogen and oxygen atoms in total. The molecule has 8 heteroatoms. The topological polar surface area (TPSA) is 48.9 Å². The molecule has 0 saturated carbocycles. The van der Waals surface area contributed by atoms with Gasteiger partial charge in [0.05, 0.1) is 34.0 Å². The van der Waals surface area contributed by atoms with Crippen LogP contribution in [0.15, 0.2) is 42.5 Å². The third kappa shape index (κ3) is 3.56. The third-order valence-electron chi connectivity index (χ3n) is 5.87. The monoisotopic (exact) mass is 442 g/mol. The Bertz CT molecular complexity index is 1070. The molecule has 2 aliphatic heterocycles. The molecule has 3 heterocycles. The molecule has 2 fully saturated rings. The van der Waals surface area contributed by atoms with Crippen molar-refractivity contribution in [2.45, 2.75) is 0 Å². The average Bonchev–Trinajstić information content (AvgIpc) is 3.15. The SMILES string of the molecule is COc1ccc2nc(N3CC(C(=O)N4CCN(c5ccccc5Cl)CC4)C3)sc2c1. The summed E-state index contributed by atoms with van der Waals surface area (Å²) in [7, 11) is 1.67. The number of methoxy groups -OCH3 is 1. The minimum absolute atomic E-state index is 0.0541. The summed E-state index contributed by atoms with van der Waals surface area (Å²) in [6.07, 6.45) is 0. The number of anilines is 2. The number of carbonyl (C=O) groups excluding carboxylic acids is 1. The fourth-order valence-electron chi connectivity index (χ4n) is 4.08. The zero-order valence-corrected chi connectivity index (χ0v) is 18.3. The number of piperazine rings is 1. The van der Waals surface area contributed by atoms with Crippen molar-refractivity contribution in [2.24, 2.45) is 5.92 Å². The fourth-order valence-corrected chi connectivity index (χ4v) is 5.35. The summed E-state index contributed by atoms with van der Waals surface area (Å²) in [5.74, 6) is 1.15. The number of aromatic nitrogens is 1. The van der Waals surface area contributed by atoms with Crippen molar-refractivity contribution in [1.29, 1.82) is 0 Å². The molecule has 0 atom stereocenters. The van der Waals surface area contributed by atoms with Crippen molar-refractivity contribution in [2.75, 3.05) is 56.2 Å². The van der Waals surface area contributed by atoms with Crippen molar-refractivity contribution in [1.82, 2.24) is 9.88 Å². The van der Waals surface area contributed by atoms with Crippen LogP contribution in [0.5, 0.6) is 5.75 Å². The van der Waals surface area contributed by atoms with E-state index < -0.39 is 0 Å². The van der Waals surface area contributed by atoms with E-state index in [4.69, 9.17) is 21.3 Å². The van der Waals surface area contributed by atoms with Crippen molar-refractivity contribution in [3.63, 3.8) is 0 Å². The van der Waals surface area contributed by atoms with Gasteiger partial charge < -0.3 is 19.4 Å². The number of carbonyl (C=O) groups is 1. The quantitative estimate of drug-likeness (QED) is 0.616. The molecule has 0 N–H and O–H groups in total. The molecule has 1 aromatic heterocycles. The Morgan fingerprint density at radius 1 is 1.10 bits per heavy atom. The average molecular weight is 443 g/mol. The minimum Gasteiger partial charge on any atom is -0.497 e. The maximum atomic E-state index is 12.9. The van der Waals surface area contributed by atoms with Crippen molar-refractivity contribution < 1.29 is 9.53 Å². The lowest BCUT2D eigenvalue weighted by molar-refractivity contribution is -0.136. The standard InChI is InChI=1S/C22H23ClN4O2S/c1-29-16-6-7-18-20(12-16)30-22(24-18)27-13-15(14-27)21(28)26-10-8-25(9-11-26)19-5-3-2-4-17(19)23/h2-7,12,15H,8-11,13-14H2,1H3. The predicted molar refractivity (Wildman–Crippen MR) is 122 cm³/mol. The minimum atomic E-state index is 0.0541. The second kappa shape index (κ2) is 7.96. The summed E-state index contributed by atoms with van der Waals surface area (Å²) in [6, 6.07) is 13.8. The summed E-state index contributed by atoms with van der Waals surface area (Å²) in [6.45, 7) is 4.57. The lowest BCUT2D eigenvalue weighted by Crippen LogP contribution is -2.58. The van der Waals surface area contributed by atoms with E-state index in [1.807, 2.05) is 47.4 Å². The van der Waals surface area contributed by atoms with Crippen molar-refractivity contribution in [3.05, 3.63) is 47.5 Å². The number of para-hydroxylation sites is 1. The number of amides is 1. The van der Waals surface area contributed by atoms with Gasteiger partial charge in [-0.3, -0.25) is 4.79 Å². The number of ether oxygens (including phenoxy) is 1. The molecule has 0 unspecified atom stereocenters. The Morgan fingerprint density at radius 3 is 2.60 bits per heavy atom. The Morgan fingerprint density at radius 2 is 1.87 bits per heavy atom. The maximum Gasteiger partial charge on any atom is 0.229 e. The van der Waals surface area contributed by atoms with Gasteiger partial charge in [0.15, 0.2) is 5.13 Å². The lowest BCUT2D eigenvalue weighted by atomic mass is 9.99. The van der Waals surface area contributed by atoms with Gasteiger partial charge in [-0.25, -0.2) is 4.98 Å². The molecule has 0 aliphatic carbocycles. The summed E-state index contributed by atoms with van der Waals surface area (Å²) >= 11 is 7.97. The Kier molecular flexibility index (Phi) is 5.16. The van der Waals surface area contributed by atoms with E-state index in [0.29, 0.717) is 0 Å². The van der Waals surface area contributed by atoms with Gasteiger partial charge in [0, 0.05) is 39.3 Å². The molecular weight excluding hydrogens is 420 g/mol. The number of nitrogens with zero attached hydrogens (tertiary/aromatic N) is 4. The molecule has 0 bridgehead atoms. The Balaban J connectivity index is 1.17. The molecule has 30 heavy (non-hydrogen) atoms. The molecule has 0 spiro atoms. The number of rotatable bonds is 4. The first-order valence-corrected chi connectivity index (χ1v) is 11.3. The van der Waals surface area contributed by atoms with Crippen LogP contribution in [-0.2, 0) is 4.79 Å². The Labute approximate surface area is 184 Å². The number of hydrogen-bond acceptors (Lipinski definition) is 6. The Hall–Kier alpha value is -2.51. The lowest BCUT2D eigenvalue weighted by Gasteiger charge is -2.43. The van der Waals surface area contributed by atoms with E-state index in [-0.39, 0.29) is 11.8 Å². The van der Waals surface area contributed by atoms with Crippen LogP contribution in [0.2, 0.25) is 5.02 Å². The number of fused-ring (bicyclic) bond motifs is 1. The molecule has 2 aliphatic rings. The zero-order valence-electron chi connectivity index (χ0n) is 16.8. The van der Waals surface area contributed by atoms with Crippen LogP contribution >= 0.6 is 22.9 Å². The molecule has 1 amide bonds. The van der Waals surface area contributed by atoms with Gasteiger partial charge in [0.25, 0.3) is 0 Å². The summed E-state index contributed by atoms with van der Waals surface area (Å²) in [5, 5.41) is 1.74. The van der Waals surface area contributed by atoms with Crippen LogP contribution in [0, 0.1) is 5.92 Å². The molecule has 2 aromatic carbocycles. The first-order valence-electron chi connectivity index (χ1n) is 10.1. The van der Waals surface area contributed by atoms with E-state index in [9.17, 15) is 4.79 Å². The fraction of sp³-hybridized carbons (Fsp3) is 0.364. The van der Waals surface area contributed by atoms with Crippen LogP contribution in [0.25, 0.3) is 10.2 Å². The molecule has 5 rings (SSSR count). The van der Waals surface area contributed by atoms with E-state index in [1.165, 1.54) is 0 Å². The second-order valence-corrected chi connectivity index (χ2v) is 9.11. The van der Waals surface area contributed by atoms with Gasteiger partial charge in [-0.1, -0.05) is 35.1 Å². The smallest absolute Gasteiger partial charge is 0.229 e. The highest BCUT2D eigenvalue weighted by Crippen LogP contribution is 2.35. The normalized spacial score (nSPS) is 17.3. The predicted octanol–water partition coefficient (Wildman–Crippen LogP) is 3.74. The number of halogens is 1. The van der Waals surface area contributed by atoms with E-state index in [1.54, 1.807) is 18.4 Å². The molecular formula is C22H23ClN4O2S. The third-order valence-corrected chi connectivity index (χ3v) is 7.27. The van der Waals surface area contributed by atoms with Crippen LogP contribution < -0.4 is 14.5 Å². The molecule has 156 valence electrons. The van der Waals surface area contributed by atoms with Crippen LogP contribution in [0.4, 0.5) is 10.8 Å². The second-order valence-electron chi connectivity index (χ2n) is 7.70. The van der Waals surface area contributed by atoms with Gasteiger partial charge in [0.1, 0.15) is 5.75 Å². The summed E-state index contributed by atoms with van der Waals surface area (Å²) in [5.41, 5.74) is 2.02. The van der Waals surface area contributed by atoms with Gasteiger partial charge in [0.2, 0.25) is 5.91 Å².